The Balaban J connectivity index is 2.40. The maximum absolute atomic E-state index is 13.8. The molecule has 11 heteroatoms. The first kappa shape index (κ1) is 33.3. The van der Waals surface area contributed by atoms with Gasteiger partial charge in [0.1, 0.15) is 9.75 Å². The van der Waals surface area contributed by atoms with Crippen LogP contribution in [0.2, 0.25) is 0 Å². The van der Waals surface area contributed by atoms with Crippen LogP contribution < -0.4 is 27.8 Å². The Bertz CT molecular complexity index is 1060. The first-order valence-electron chi connectivity index (χ1n) is 14.2. The molecule has 0 aliphatic carbocycles. The molecule has 9 nitrogen and oxygen atoms in total. The van der Waals surface area contributed by atoms with Crippen LogP contribution in [0, 0.1) is 5.92 Å². The Morgan fingerprint density at radius 3 is 2.13 bits per heavy atom. The minimum Gasteiger partial charge on any atom is -0.365 e. The minimum absolute atomic E-state index is 0.0747. The minimum atomic E-state index is -0.530. The SMILES string of the molecule is CCC(C)(C)N[C@@H](CCCCN)c1nc(CC(C)C)sc1C(=O)N[C@@H](C)c1nc(CCCCN)sc1C(N)=O. The summed E-state index contributed by atoms with van der Waals surface area (Å²) in [5.41, 5.74) is 18.3. The Morgan fingerprint density at radius 1 is 0.923 bits per heavy atom. The van der Waals surface area contributed by atoms with Crippen LogP contribution >= 0.6 is 22.7 Å². The Labute approximate surface area is 242 Å². The lowest BCUT2D eigenvalue weighted by atomic mass is 9.96. The van der Waals surface area contributed by atoms with Gasteiger partial charge in [0.15, 0.2) is 0 Å². The highest BCUT2D eigenvalue weighted by atomic mass is 32.1. The van der Waals surface area contributed by atoms with Gasteiger partial charge >= 0.3 is 0 Å². The van der Waals surface area contributed by atoms with E-state index in [-0.39, 0.29) is 17.5 Å². The number of hydrogen-bond acceptors (Lipinski definition) is 9. The molecule has 2 heterocycles. The van der Waals surface area contributed by atoms with Gasteiger partial charge in [-0.3, -0.25) is 9.59 Å². The van der Waals surface area contributed by atoms with E-state index < -0.39 is 11.9 Å². The molecule has 0 aliphatic rings. The number of amides is 2. The number of thiazole rings is 2. The van der Waals surface area contributed by atoms with Gasteiger partial charge in [0.2, 0.25) is 0 Å². The Kier molecular flexibility index (Phi) is 13.5. The normalized spacial score (nSPS) is 13.6. The first-order chi connectivity index (χ1) is 18.4. The second-order valence-corrected chi connectivity index (χ2v) is 13.4. The smallest absolute Gasteiger partial charge is 0.263 e. The topological polar surface area (TPSA) is 162 Å². The first-order valence-corrected chi connectivity index (χ1v) is 15.8. The van der Waals surface area contributed by atoms with Crippen LogP contribution in [0.3, 0.4) is 0 Å². The average Bonchev–Trinajstić information content (AvgIpc) is 3.48. The number of nitrogens with zero attached hydrogens (tertiary/aromatic N) is 2. The van der Waals surface area contributed by atoms with Crippen LogP contribution in [-0.4, -0.2) is 40.4 Å². The number of carbonyl (C=O) groups excluding carboxylic acids is 2. The number of nitrogens with one attached hydrogen (secondary N) is 2. The Hall–Kier alpha value is -1.92. The number of aromatic nitrogens is 2. The predicted octanol–water partition coefficient (Wildman–Crippen LogP) is 4.62. The molecule has 0 saturated carbocycles. The van der Waals surface area contributed by atoms with Crippen LogP contribution in [-0.2, 0) is 12.8 Å². The van der Waals surface area contributed by atoms with Crippen molar-refractivity contribution in [3.8, 4) is 0 Å². The molecule has 0 aliphatic heterocycles. The van der Waals surface area contributed by atoms with Gasteiger partial charge in [0.05, 0.1) is 33.5 Å². The van der Waals surface area contributed by atoms with Crippen molar-refractivity contribution >= 4 is 34.5 Å². The molecule has 2 aromatic rings. The highest BCUT2D eigenvalue weighted by molar-refractivity contribution is 7.14. The van der Waals surface area contributed by atoms with Crippen LogP contribution in [0.15, 0.2) is 0 Å². The van der Waals surface area contributed by atoms with Crippen molar-refractivity contribution in [2.45, 2.75) is 111 Å². The third kappa shape index (κ3) is 10.2. The number of aryl methyl sites for hydroxylation is 1. The summed E-state index contributed by atoms with van der Waals surface area (Å²) in [5, 5.41) is 8.63. The van der Waals surface area contributed by atoms with Gasteiger partial charge in [-0.1, -0.05) is 27.2 Å². The molecule has 8 N–H and O–H groups in total. The van der Waals surface area contributed by atoms with Gasteiger partial charge in [0, 0.05) is 12.0 Å². The van der Waals surface area contributed by atoms with E-state index in [0.29, 0.717) is 34.5 Å². The van der Waals surface area contributed by atoms with E-state index in [1.807, 2.05) is 6.92 Å². The summed E-state index contributed by atoms with van der Waals surface area (Å²) in [6.07, 6.45) is 6.94. The highest BCUT2D eigenvalue weighted by Gasteiger charge is 2.30. The summed E-state index contributed by atoms with van der Waals surface area (Å²) < 4.78 is 0. The van der Waals surface area contributed by atoms with Gasteiger partial charge in [-0.05, 0) is 78.3 Å². The van der Waals surface area contributed by atoms with Crippen molar-refractivity contribution in [1.29, 1.82) is 0 Å². The summed E-state index contributed by atoms with van der Waals surface area (Å²) >= 11 is 2.76. The van der Waals surface area contributed by atoms with Crippen LogP contribution in [0.1, 0.15) is 133 Å². The van der Waals surface area contributed by atoms with E-state index in [1.54, 1.807) is 0 Å². The summed E-state index contributed by atoms with van der Waals surface area (Å²) in [6, 6.07) is -0.562. The number of hydrogen-bond donors (Lipinski definition) is 5. The number of rotatable bonds is 18. The molecule has 2 rings (SSSR count). The Morgan fingerprint density at radius 2 is 1.54 bits per heavy atom. The van der Waals surface area contributed by atoms with E-state index in [4.69, 9.17) is 22.2 Å². The maximum atomic E-state index is 13.8. The molecule has 0 spiro atoms. The van der Waals surface area contributed by atoms with Crippen molar-refractivity contribution in [2.75, 3.05) is 13.1 Å². The van der Waals surface area contributed by atoms with E-state index in [0.717, 1.165) is 67.1 Å². The number of primary amides is 1. The van der Waals surface area contributed by atoms with E-state index in [2.05, 4.69) is 50.2 Å². The lowest BCUT2D eigenvalue weighted by molar-refractivity contribution is 0.0936. The quantitative estimate of drug-likeness (QED) is 0.161. The highest BCUT2D eigenvalue weighted by Crippen LogP contribution is 2.32. The van der Waals surface area contributed by atoms with Crippen LogP contribution in [0.4, 0.5) is 0 Å². The van der Waals surface area contributed by atoms with E-state index in [9.17, 15) is 9.59 Å². The number of carbonyl (C=O) groups is 2. The van der Waals surface area contributed by atoms with Gasteiger partial charge < -0.3 is 27.8 Å². The summed E-state index contributed by atoms with van der Waals surface area (Å²) in [5.74, 6) is -0.323. The van der Waals surface area contributed by atoms with E-state index in [1.165, 1.54) is 22.7 Å². The fourth-order valence-electron chi connectivity index (χ4n) is 4.26. The largest absolute Gasteiger partial charge is 0.365 e. The van der Waals surface area contributed by atoms with Crippen molar-refractivity contribution in [3.05, 3.63) is 31.2 Å². The number of unbranched alkanes of at least 4 members (excludes halogenated alkanes) is 2. The third-order valence-corrected chi connectivity index (χ3v) is 8.97. The molecule has 39 heavy (non-hydrogen) atoms. The molecule has 2 amide bonds. The van der Waals surface area contributed by atoms with Crippen LogP contribution in [0.25, 0.3) is 0 Å². The van der Waals surface area contributed by atoms with Crippen molar-refractivity contribution < 1.29 is 9.59 Å². The lowest BCUT2D eigenvalue weighted by Gasteiger charge is -2.31. The summed E-state index contributed by atoms with van der Waals surface area (Å²) in [6.45, 7) is 13.9. The van der Waals surface area contributed by atoms with Gasteiger partial charge in [0.25, 0.3) is 11.8 Å². The summed E-state index contributed by atoms with van der Waals surface area (Å²) in [7, 11) is 0. The van der Waals surface area contributed by atoms with Gasteiger partial charge in [-0.25, -0.2) is 9.97 Å². The molecule has 2 aromatic heterocycles. The van der Waals surface area contributed by atoms with Crippen LogP contribution in [0.5, 0.6) is 0 Å². The second kappa shape index (κ2) is 15.8. The molecule has 0 aromatic carbocycles. The fourth-order valence-corrected chi connectivity index (χ4v) is 6.56. The second-order valence-electron chi connectivity index (χ2n) is 11.3. The predicted molar refractivity (Wildman–Crippen MR) is 162 cm³/mol. The molecule has 0 radical (unpaired) electrons. The molecule has 220 valence electrons. The zero-order valence-corrected chi connectivity index (χ0v) is 26.2. The molecule has 0 fully saturated rings. The average molecular weight is 580 g/mol. The molecule has 0 bridgehead atoms. The zero-order chi connectivity index (χ0) is 29.2. The third-order valence-electron chi connectivity index (χ3n) is 6.74. The molecule has 0 saturated heterocycles. The van der Waals surface area contributed by atoms with Crippen molar-refractivity contribution in [2.24, 2.45) is 23.1 Å². The van der Waals surface area contributed by atoms with Gasteiger partial charge in [-0.15, -0.1) is 22.7 Å². The van der Waals surface area contributed by atoms with E-state index >= 15 is 0 Å². The van der Waals surface area contributed by atoms with Crippen molar-refractivity contribution in [3.63, 3.8) is 0 Å². The standard InChI is InChI=1S/C28H49N7O2S2/c1-7-28(5,6)35-19(12-8-10-14-29)23-25(39-21(34-23)16-17(2)3)27(37)32-18(4)22-24(26(31)36)38-20(33-22)13-9-11-15-30/h17-19,35H,7-16,29-30H2,1-6H3,(H2,31,36)(H,32,37)/t18-,19-/m0/s1. The van der Waals surface area contributed by atoms with Gasteiger partial charge in [-0.2, -0.15) is 0 Å². The zero-order valence-electron chi connectivity index (χ0n) is 24.6. The molecule has 0 unspecified atom stereocenters. The van der Waals surface area contributed by atoms with Crippen molar-refractivity contribution in [1.82, 2.24) is 20.6 Å². The fraction of sp³-hybridized carbons (Fsp3) is 0.714. The molecular formula is C28H49N7O2S2. The maximum Gasteiger partial charge on any atom is 0.263 e. The molecule has 2 atom stereocenters. The number of nitrogens with two attached hydrogens (primary N) is 3. The lowest BCUT2D eigenvalue weighted by Crippen LogP contribution is -2.42. The molecular weight excluding hydrogens is 530 g/mol. The monoisotopic (exact) mass is 579 g/mol. The summed E-state index contributed by atoms with van der Waals surface area (Å²) in [4.78, 5) is 36.7.